The monoisotopic (exact) mass is 592 g/mol. The summed E-state index contributed by atoms with van der Waals surface area (Å²) in [5, 5.41) is 12.3. The maximum absolute atomic E-state index is 14.4. The Balaban J connectivity index is 1.58. The van der Waals surface area contributed by atoms with Gasteiger partial charge in [0.15, 0.2) is 0 Å². The van der Waals surface area contributed by atoms with Crippen LogP contribution in [0.25, 0.3) is 16.7 Å². The summed E-state index contributed by atoms with van der Waals surface area (Å²) < 4.78 is 5.61. The molecule has 2 amide bonds. The molecule has 1 heterocycles. The second-order valence-corrected chi connectivity index (χ2v) is 12.4. The maximum atomic E-state index is 14.4. The van der Waals surface area contributed by atoms with Crippen LogP contribution in [0.2, 0.25) is 10.0 Å². The van der Waals surface area contributed by atoms with Gasteiger partial charge in [-0.05, 0) is 73.6 Å². The Hall–Kier alpha value is -3.32. The van der Waals surface area contributed by atoms with E-state index in [0.29, 0.717) is 21.2 Å². The van der Waals surface area contributed by atoms with Gasteiger partial charge >= 0.3 is 6.09 Å². The Morgan fingerprint density at radius 1 is 0.951 bits per heavy atom. The third-order valence-corrected chi connectivity index (χ3v) is 8.07. The second-order valence-electron chi connectivity index (χ2n) is 11.6. The standard InChI is InChI=1S/C33H34Cl2N2O4/c1-33(2,3)41-32(40)36-19-26(31(39)37(25-15-16-25)18-24-13-8-14-27(34)30(24)35)29(28(38)20-36)23-12-7-11-22(17-23)21-9-5-4-6-10-21/h4-14,17,25,28,38H,15-16,18-20H2,1-3H3. The molecule has 0 aromatic heterocycles. The van der Waals surface area contributed by atoms with E-state index in [1.54, 1.807) is 31.7 Å². The van der Waals surface area contributed by atoms with Gasteiger partial charge < -0.3 is 19.6 Å². The van der Waals surface area contributed by atoms with Crippen molar-refractivity contribution in [3.05, 3.63) is 99.5 Å². The van der Waals surface area contributed by atoms with Crippen molar-refractivity contribution < 1.29 is 19.4 Å². The van der Waals surface area contributed by atoms with E-state index >= 15 is 0 Å². The van der Waals surface area contributed by atoms with Crippen LogP contribution in [-0.4, -0.2) is 57.7 Å². The number of halogens is 2. The number of hydrogen-bond acceptors (Lipinski definition) is 4. The molecule has 8 heteroatoms. The SMILES string of the molecule is CC(C)(C)OC(=O)N1CC(C(=O)N(Cc2cccc(Cl)c2Cl)C2CC2)=C(c2cccc(-c3ccccc3)c2)C(O)C1. The maximum Gasteiger partial charge on any atom is 0.410 e. The normalized spacial score (nSPS) is 17.4. The number of carbonyl (C=O) groups is 2. The molecule has 0 saturated heterocycles. The van der Waals surface area contributed by atoms with Gasteiger partial charge in [0.25, 0.3) is 5.91 Å². The summed E-state index contributed by atoms with van der Waals surface area (Å²) in [6, 6.07) is 23.2. The highest BCUT2D eigenvalue weighted by atomic mass is 35.5. The van der Waals surface area contributed by atoms with E-state index in [1.165, 1.54) is 4.90 Å². The van der Waals surface area contributed by atoms with E-state index < -0.39 is 17.8 Å². The lowest BCUT2D eigenvalue weighted by Gasteiger charge is -2.36. The van der Waals surface area contributed by atoms with Crippen LogP contribution in [0.4, 0.5) is 4.79 Å². The molecule has 1 N–H and O–H groups in total. The number of amides is 2. The van der Waals surface area contributed by atoms with Gasteiger partial charge in [0.1, 0.15) is 5.60 Å². The number of nitrogens with zero attached hydrogens (tertiary/aromatic N) is 2. The highest BCUT2D eigenvalue weighted by Crippen LogP contribution is 2.37. The van der Waals surface area contributed by atoms with Crippen LogP contribution in [-0.2, 0) is 16.1 Å². The largest absolute Gasteiger partial charge is 0.444 e. The van der Waals surface area contributed by atoms with Crippen molar-refractivity contribution in [2.45, 2.75) is 57.9 Å². The van der Waals surface area contributed by atoms with Gasteiger partial charge in [-0.2, -0.15) is 0 Å². The number of rotatable bonds is 6. The Kier molecular flexibility index (Phi) is 8.46. The summed E-state index contributed by atoms with van der Waals surface area (Å²) in [6.45, 7) is 5.67. The Labute approximate surface area is 251 Å². The fraction of sp³-hybridized carbons (Fsp3) is 0.333. The summed E-state index contributed by atoms with van der Waals surface area (Å²) in [5.41, 5.74) is 3.65. The molecule has 1 atom stereocenters. The van der Waals surface area contributed by atoms with Gasteiger partial charge in [0.2, 0.25) is 0 Å². The minimum Gasteiger partial charge on any atom is -0.444 e. The molecule has 1 aliphatic heterocycles. The topological polar surface area (TPSA) is 70.1 Å². The summed E-state index contributed by atoms with van der Waals surface area (Å²) >= 11 is 12.8. The number of aliphatic hydroxyl groups excluding tert-OH is 1. The van der Waals surface area contributed by atoms with E-state index in [0.717, 1.165) is 35.1 Å². The van der Waals surface area contributed by atoms with Crippen molar-refractivity contribution in [1.29, 1.82) is 0 Å². The molecule has 214 valence electrons. The minimum atomic E-state index is -1.09. The molecule has 2 aliphatic rings. The predicted molar refractivity (Wildman–Crippen MR) is 163 cm³/mol. The van der Waals surface area contributed by atoms with Gasteiger partial charge in [0, 0.05) is 18.2 Å². The van der Waals surface area contributed by atoms with Crippen molar-refractivity contribution in [3.63, 3.8) is 0 Å². The predicted octanol–water partition coefficient (Wildman–Crippen LogP) is 7.22. The first-order chi connectivity index (χ1) is 19.5. The zero-order valence-corrected chi connectivity index (χ0v) is 25.0. The van der Waals surface area contributed by atoms with E-state index in [-0.39, 0.29) is 31.6 Å². The average molecular weight is 594 g/mol. The van der Waals surface area contributed by atoms with E-state index in [1.807, 2.05) is 66.7 Å². The second kappa shape index (κ2) is 11.9. The Morgan fingerprint density at radius 2 is 1.61 bits per heavy atom. The molecule has 6 nitrogen and oxygen atoms in total. The smallest absolute Gasteiger partial charge is 0.410 e. The van der Waals surface area contributed by atoms with E-state index in [9.17, 15) is 14.7 Å². The number of carbonyl (C=O) groups excluding carboxylic acids is 2. The first-order valence-electron chi connectivity index (χ1n) is 13.8. The number of ether oxygens (including phenoxy) is 1. The third-order valence-electron chi connectivity index (χ3n) is 7.21. The Bertz CT molecular complexity index is 1480. The molecule has 3 aromatic carbocycles. The number of hydrogen-bond donors (Lipinski definition) is 1. The summed E-state index contributed by atoms with van der Waals surface area (Å²) in [5.74, 6) is -0.240. The van der Waals surface area contributed by atoms with E-state index in [4.69, 9.17) is 27.9 Å². The summed E-state index contributed by atoms with van der Waals surface area (Å²) in [7, 11) is 0. The minimum absolute atomic E-state index is 0.0140. The molecular formula is C33H34Cl2N2O4. The van der Waals surface area contributed by atoms with Crippen molar-refractivity contribution >= 4 is 40.8 Å². The molecule has 5 rings (SSSR count). The lowest BCUT2D eigenvalue weighted by atomic mass is 9.88. The molecule has 1 fully saturated rings. The fourth-order valence-electron chi connectivity index (χ4n) is 5.13. The molecule has 1 aliphatic carbocycles. The van der Waals surface area contributed by atoms with Crippen LogP contribution < -0.4 is 0 Å². The molecular weight excluding hydrogens is 559 g/mol. The van der Waals surface area contributed by atoms with E-state index in [2.05, 4.69) is 0 Å². The average Bonchev–Trinajstić information content (AvgIpc) is 3.78. The number of benzene rings is 3. The molecule has 41 heavy (non-hydrogen) atoms. The molecule has 1 saturated carbocycles. The van der Waals surface area contributed by atoms with Gasteiger partial charge in [0.05, 0.1) is 29.2 Å². The van der Waals surface area contributed by atoms with Gasteiger partial charge in [-0.3, -0.25) is 4.79 Å². The first-order valence-corrected chi connectivity index (χ1v) is 14.6. The lowest BCUT2D eigenvalue weighted by molar-refractivity contribution is -0.128. The van der Waals surface area contributed by atoms with Crippen LogP contribution >= 0.6 is 23.2 Å². The summed E-state index contributed by atoms with van der Waals surface area (Å²) in [4.78, 5) is 30.7. The van der Waals surface area contributed by atoms with Crippen molar-refractivity contribution in [3.8, 4) is 11.1 Å². The zero-order valence-electron chi connectivity index (χ0n) is 23.4. The third kappa shape index (κ3) is 6.78. The lowest BCUT2D eigenvalue weighted by Crippen LogP contribution is -2.48. The van der Waals surface area contributed by atoms with Gasteiger partial charge in [-0.1, -0.05) is 83.9 Å². The molecule has 3 aromatic rings. The van der Waals surface area contributed by atoms with Crippen LogP contribution in [0.1, 0.15) is 44.7 Å². The number of aliphatic hydroxyl groups is 1. The number of β-amino-alcohol motifs (C(OH)–C–C–N with tert-alkyl or cyclic N) is 1. The van der Waals surface area contributed by atoms with Crippen molar-refractivity contribution in [2.75, 3.05) is 13.1 Å². The van der Waals surface area contributed by atoms with Crippen LogP contribution in [0, 0.1) is 0 Å². The molecule has 0 radical (unpaired) electrons. The van der Waals surface area contributed by atoms with Gasteiger partial charge in [-0.15, -0.1) is 0 Å². The first kappa shape index (κ1) is 29.2. The fourth-order valence-corrected chi connectivity index (χ4v) is 5.51. The summed E-state index contributed by atoms with van der Waals surface area (Å²) in [6.07, 6.45) is 0.0785. The van der Waals surface area contributed by atoms with Crippen molar-refractivity contribution in [2.24, 2.45) is 0 Å². The highest BCUT2D eigenvalue weighted by Gasteiger charge is 2.40. The van der Waals surface area contributed by atoms with Gasteiger partial charge in [-0.25, -0.2) is 4.79 Å². The van der Waals surface area contributed by atoms with Crippen LogP contribution in [0.5, 0.6) is 0 Å². The Morgan fingerprint density at radius 3 is 2.29 bits per heavy atom. The molecule has 0 spiro atoms. The quantitative estimate of drug-likeness (QED) is 0.328. The zero-order chi connectivity index (χ0) is 29.3. The molecule has 1 unspecified atom stereocenters. The van der Waals surface area contributed by atoms with Crippen LogP contribution in [0.3, 0.4) is 0 Å². The molecule has 0 bridgehead atoms. The highest BCUT2D eigenvalue weighted by molar-refractivity contribution is 6.42. The van der Waals surface area contributed by atoms with Crippen LogP contribution in [0.15, 0.2) is 78.4 Å². The van der Waals surface area contributed by atoms with Crippen molar-refractivity contribution in [1.82, 2.24) is 9.80 Å².